The number of aromatic nitrogens is 4. The number of carbonyl (C=O) groups is 2. The molecule has 4 heterocycles. The number of pyridine rings is 1. The van der Waals surface area contributed by atoms with Crippen LogP contribution in [0.5, 0.6) is 0 Å². The molecule has 9 nitrogen and oxygen atoms in total. The van der Waals surface area contributed by atoms with Crippen LogP contribution < -0.4 is 10.6 Å². The molecule has 1 aliphatic heterocycles. The number of primary amides is 1. The van der Waals surface area contributed by atoms with Crippen molar-refractivity contribution in [2.45, 2.75) is 12.8 Å². The molecule has 1 saturated carbocycles. The first-order valence-corrected chi connectivity index (χ1v) is 9.74. The summed E-state index contributed by atoms with van der Waals surface area (Å²) in [7, 11) is 0. The van der Waals surface area contributed by atoms with Crippen molar-refractivity contribution >= 4 is 23.3 Å². The van der Waals surface area contributed by atoms with Crippen molar-refractivity contribution in [3.8, 4) is 11.4 Å². The monoisotopic (exact) mass is 391 g/mol. The van der Waals surface area contributed by atoms with E-state index in [0.717, 1.165) is 56.2 Å². The number of fused-ring (bicyclic) bond motifs is 1. The van der Waals surface area contributed by atoms with E-state index in [1.807, 2.05) is 23.1 Å². The third-order valence-electron chi connectivity index (χ3n) is 5.49. The maximum atomic E-state index is 12.3. The second-order valence-electron chi connectivity index (χ2n) is 7.48. The predicted octanol–water partition coefficient (Wildman–Crippen LogP) is 0.949. The highest BCUT2D eigenvalue weighted by atomic mass is 16.2. The molecule has 0 radical (unpaired) electrons. The summed E-state index contributed by atoms with van der Waals surface area (Å²) in [4.78, 5) is 41.1. The Kier molecular flexibility index (Phi) is 4.15. The Labute approximate surface area is 167 Å². The molecule has 0 spiro atoms. The van der Waals surface area contributed by atoms with Crippen LogP contribution in [-0.2, 0) is 4.79 Å². The van der Waals surface area contributed by atoms with Crippen molar-refractivity contribution < 1.29 is 9.59 Å². The average molecular weight is 391 g/mol. The van der Waals surface area contributed by atoms with Gasteiger partial charge in [0.15, 0.2) is 5.65 Å². The molecule has 3 aromatic heterocycles. The van der Waals surface area contributed by atoms with E-state index in [0.29, 0.717) is 11.6 Å². The molecule has 3 aromatic rings. The third-order valence-corrected chi connectivity index (χ3v) is 5.49. The fourth-order valence-electron chi connectivity index (χ4n) is 3.69. The minimum Gasteiger partial charge on any atom is -0.364 e. The van der Waals surface area contributed by atoms with Gasteiger partial charge in [0.1, 0.15) is 11.5 Å². The number of nitrogens with two attached hydrogens (primary N) is 1. The molecule has 2 amide bonds. The summed E-state index contributed by atoms with van der Waals surface area (Å²) in [6.07, 6.45) is 6.88. The minimum atomic E-state index is -0.591. The highest BCUT2D eigenvalue weighted by Crippen LogP contribution is 2.31. The van der Waals surface area contributed by atoms with Gasteiger partial charge in [-0.2, -0.15) is 0 Å². The van der Waals surface area contributed by atoms with E-state index in [9.17, 15) is 9.59 Å². The molecule has 2 aliphatic rings. The summed E-state index contributed by atoms with van der Waals surface area (Å²) in [6, 6.07) is 5.83. The minimum absolute atomic E-state index is 0.171. The van der Waals surface area contributed by atoms with E-state index >= 15 is 0 Å². The van der Waals surface area contributed by atoms with Gasteiger partial charge in [0, 0.05) is 38.3 Å². The molecule has 1 aliphatic carbocycles. The van der Waals surface area contributed by atoms with Gasteiger partial charge in [-0.3, -0.25) is 14.0 Å². The predicted molar refractivity (Wildman–Crippen MR) is 106 cm³/mol. The second kappa shape index (κ2) is 6.84. The zero-order valence-electron chi connectivity index (χ0n) is 15.9. The average Bonchev–Trinajstić information content (AvgIpc) is 3.52. The van der Waals surface area contributed by atoms with Crippen LogP contribution in [0.3, 0.4) is 0 Å². The number of imidazole rings is 1. The van der Waals surface area contributed by atoms with Crippen LogP contribution in [0.1, 0.15) is 23.3 Å². The Morgan fingerprint density at radius 1 is 1.03 bits per heavy atom. The van der Waals surface area contributed by atoms with Crippen molar-refractivity contribution in [2.24, 2.45) is 11.7 Å². The first-order chi connectivity index (χ1) is 14.1. The van der Waals surface area contributed by atoms with Crippen molar-refractivity contribution in [2.75, 3.05) is 31.1 Å². The molecule has 5 rings (SSSR count). The molecule has 0 atom stereocenters. The van der Waals surface area contributed by atoms with E-state index in [1.165, 1.54) is 6.20 Å². The summed E-state index contributed by atoms with van der Waals surface area (Å²) in [5.74, 6) is 0.834. The van der Waals surface area contributed by atoms with Crippen molar-refractivity contribution in [3.05, 3.63) is 42.5 Å². The summed E-state index contributed by atoms with van der Waals surface area (Å²) < 4.78 is 1.77. The van der Waals surface area contributed by atoms with Gasteiger partial charge >= 0.3 is 0 Å². The zero-order chi connectivity index (χ0) is 20.0. The van der Waals surface area contributed by atoms with Gasteiger partial charge in [0.25, 0.3) is 5.91 Å². The number of rotatable bonds is 4. The number of hydrogen-bond donors (Lipinski definition) is 1. The van der Waals surface area contributed by atoms with E-state index < -0.39 is 5.91 Å². The molecular formula is C20H21N7O2. The van der Waals surface area contributed by atoms with Crippen LogP contribution in [0.4, 0.5) is 5.82 Å². The summed E-state index contributed by atoms with van der Waals surface area (Å²) in [5.41, 5.74) is 7.64. The van der Waals surface area contributed by atoms with Crippen LogP contribution in [0.15, 0.2) is 36.8 Å². The third kappa shape index (κ3) is 3.28. The highest BCUT2D eigenvalue weighted by molar-refractivity contribution is 5.90. The number of nitrogens with zero attached hydrogens (tertiary/aromatic N) is 6. The van der Waals surface area contributed by atoms with Crippen LogP contribution in [0, 0.1) is 5.92 Å². The maximum absolute atomic E-state index is 12.3. The Hall–Kier alpha value is -3.49. The van der Waals surface area contributed by atoms with Gasteiger partial charge in [-0.05, 0) is 25.0 Å². The quantitative estimate of drug-likeness (QED) is 0.709. The van der Waals surface area contributed by atoms with Gasteiger partial charge in [0.05, 0.1) is 23.8 Å². The first-order valence-electron chi connectivity index (χ1n) is 9.74. The highest BCUT2D eigenvalue weighted by Gasteiger charge is 2.34. The molecular weight excluding hydrogens is 370 g/mol. The first kappa shape index (κ1) is 17.6. The van der Waals surface area contributed by atoms with Gasteiger partial charge in [-0.15, -0.1) is 0 Å². The molecule has 0 bridgehead atoms. The fraction of sp³-hybridized carbons (Fsp3) is 0.350. The Bertz CT molecular complexity index is 1100. The molecule has 9 heteroatoms. The van der Waals surface area contributed by atoms with E-state index in [2.05, 4.69) is 14.9 Å². The topological polar surface area (TPSA) is 110 Å². The lowest BCUT2D eigenvalue weighted by molar-refractivity contribution is -0.132. The van der Waals surface area contributed by atoms with E-state index in [4.69, 9.17) is 10.7 Å². The van der Waals surface area contributed by atoms with E-state index in [1.54, 1.807) is 16.8 Å². The smallest absolute Gasteiger partial charge is 0.268 e. The van der Waals surface area contributed by atoms with Crippen LogP contribution in [0.25, 0.3) is 17.0 Å². The lowest BCUT2D eigenvalue weighted by Crippen LogP contribution is -2.49. The zero-order valence-corrected chi connectivity index (χ0v) is 15.9. The fourth-order valence-corrected chi connectivity index (χ4v) is 3.69. The molecule has 1 saturated heterocycles. The van der Waals surface area contributed by atoms with Crippen molar-refractivity contribution in [1.82, 2.24) is 24.3 Å². The van der Waals surface area contributed by atoms with Gasteiger partial charge in [-0.25, -0.2) is 15.0 Å². The molecule has 0 aromatic carbocycles. The number of hydrogen-bond acceptors (Lipinski definition) is 6. The SMILES string of the molecule is NC(=O)c1cn2c(-c3cccc(N4CCN(C(=O)C5CC5)CC4)n3)cnc2cn1. The normalized spacial score (nSPS) is 17.0. The maximum Gasteiger partial charge on any atom is 0.268 e. The number of carbonyl (C=O) groups excluding carboxylic acids is 2. The molecule has 2 N–H and O–H groups in total. The summed E-state index contributed by atoms with van der Waals surface area (Å²) in [5, 5.41) is 0. The van der Waals surface area contributed by atoms with Crippen LogP contribution in [-0.4, -0.2) is 62.2 Å². The standard InChI is InChI=1S/C20H21N7O2/c21-19(28)15-12-27-16(10-23-18(27)11-22-15)14-2-1-3-17(24-14)25-6-8-26(9-7-25)20(29)13-4-5-13/h1-3,10-13H,4-9H2,(H2,21,28). The molecule has 29 heavy (non-hydrogen) atoms. The van der Waals surface area contributed by atoms with E-state index in [-0.39, 0.29) is 11.6 Å². The van der Waals surface area contributed by atoms with Gasteiger partial charge in [0.2, 0.25) is 5.91 Å². The lowest BCUT2D eigenvalue weighted by Gasteiger charge is -2.35. The molecule has 148 valence electrons. The second-order valence-corrected chi connectivity index (χ2v) is 7.48. The Morgan fingerprint density at radius 2 is 1.83 bits per heavy atom. The Morgan fingerprint density at radius 3 is 2.55 bits per heavy atom. The largest absolute Gasteiger partial charge is 0.364 e. The summed E-state index contributed by atoms with van der Waals surface area (Å²) in [6.45, 7) is 2.98. The lowest BCUT2D eigenvalue weighted by atomic mass is 10.2. The van der Waals surface area contributed by atoms with Crippen LogP contribution >= 0.6 is 0 Å². The molecule has 0 unspecified atom stereocenters. The van der Waals surface area contributed by atoms with Crippen molar-refractivity contribution in [3.63, 3.8) is 0 Å². The number of piperazine rings is 1. The summed E-state index contributed by atoms with van der Waals surface area (Å²) >= 11 is 0. The number of anilines is 1. The van der Waals surface area contributed by atoms with Crippen molar-refractivity contribution in [1.29, 1.82) is 0 Å². The van der Waals surface area contributed by atoms with Gasteiger partial charge in [-0.1, -0.05) is 6.07 Å². The van der Waals surface area contributed by atoms with Gasteiger partial charge < -0.3 is 15.5 Å². The Balaban J connectivity index is 1.39. The number of amides is 2. The molecule has 2 fully saturated rings. The van der Waals surface area contributed by atoms with Crippen LogP contribution in [0.2, 0.25) is 0 Å².